The van der Waals surface area contributed by atoms with Crippen LogP contribution in [0.1, 0.15) is 30.9 Å². The molecule has 0 aromatic heterocycles. The van der Waals surface area contributed by atoms with E-state index in [2.05, 4.69) is 16.3 Å². The van der Waals surface area contributed by atoms with Gasteiger partial charge in [0.05, 0.1) is 18.6 Å². The molecule has 1 saturated heterocycles. The summed E-state index contributed by atoms with van der Waals surface area (Å²) < 4.78 is 31.3. The number of ether oxygens (including phenoxy) is 1. The highest BCUT2D eigenvalue weighted by Gasteiger charge is 2.21. The quantitative estimate of drug-likeness (QED) is 0.608. The van der Waals surface area contributed by atoms with E-state index < -0.39 is 10.0 Å². The first kappa shape index (κ1) is 23.1. The van der Waals surface area contributed by atoms with Crippen LogP contribution in [-0.2, 0) is 27.9 Å². The Morgan fingerprint density at radius 2 is 1.81 bits per heavy atom. The number of nitrogens with one attached hydrogen (secondary N) is 1. The number of anilines is 1. The summed E-state index contributed by atoms with van der Waals surface area (Å²) in [4.78, 5) is 15.1. The van der Waals surface area contributed by atoms with Crippen LogP contribution in [0.3, 0.4) is 0 Å². The summed E-state index contributed by atoms with van der Waals surface area (Å²) in [6.45, 7) is 5.47. The fourth-order valence-electron chi connectivity index (χ4n) is 3.74. The van der Waals surface area contributed by atoms with Crippen molar-refractivity contribution in [2.75, 3.05) is 36.8 Å². The van der Waals surface area contributed by atoms with E-state index in [1.54, 1.807) is 24.3 Å². The summed E-state index contributed by atoms with van der Waals surface area (Å²) in [6, 6.07) is 14.8. The molecule has 0 atom stereocenters. The van der Waals surface area contributed by atoms with Gasteiger partial charge in [-0.05, 0) is 56.1 Å². The Labute approximate surface area is 185 Å². The maximum Gasteiger partial charge on any atom is 0.241 e. The summed E-state index contributed by atoms with van der Waals surface area (Å²) in [6.07, 6.45) is 3.55. The van der Waals surface area contributed by atoms with Gasteiger partial charge in [0.25, 0.3) is 0 Å². The molecule has 1 aliphatic rings. The average Bonchev–Trinajstić information content (AvgIpc) is 3.24. The number of amides is 1. The largest absolute Gasteiger partial charge is 0.494 e. The van der Waals surface area contributed by atoms with Gasteiger partial charge in [0.1, 0.15) is 12.3 Å². The molecule has 1 aliphatic heterocycles. The maximum atomic E-state index is 12.7. The van der Waals surface area contributed by atoms with Gasteiger partial charge in [-0.2, -0.15) is 0 Å². The van der Waals surface area contributed by atoms with Crippen LogP contribution in [0.4, 0.5) is 5.69 Å². The van der Waals surface area contributed by atoms with Crippen LogP contribution in [0.25, 0.3) is 0 Å². The lowest BCUT2D eigenvalue weighted by molar-refractivity contribution is -0.119. The lowest BCUT2D eigenvalue weighted by atomic mass is 10.1. The Hall–Kier alpha value is -2.58. The van der Waals surface area contributed by atoms with Crippen LogP contribution in [0.2, 0.25) is 0 Å². The molecule has 1 N–H and O–H groups in total. The normalized spacial score (nSPS) is 14.4. The highest BCUT2D eigenvalue weighted by molar-refractivity contribution is 7.92. The third-order valence-corrected chi connectivity index (χ3v) is 6.43. The first-order chi connectivity index (χ1) is 14.9. The summed E-state index contributed by atoms with van der Waals surface area (Å²) >= 11 is 0. The molecular formula is C23H31N3O4S. The minimum absolute atomic E-state index is 0.289. The first-order valence-corrected chi connectivity index (χ1v) is 12.5. The fraction of sp³-hybridized carbons (Fsp3) is 0.435. The van der Waals surface area contributed by atoms with Gasteiger partial charge in [-0.3, -0.25) is 14.0 Å². The third-order valence-electron chi connectivity index (χ3n) is 5.29. The lowest BCUT2D eigenvalue weighted by Crippen LogP contribution is -2.40. The van der Waals surface area contributed by atoms with E-state index in [9.17, 15) is 13.2 Å². The molecule has 0 spiro atoms. The molecule has 0 unspecified atom stereocenters. The number of rotatable bonds is 10. The number of nitrogens with zero attached hydrogens (tertiary/aromatic N) is 2. The van der Waals surface area contributed by atoms with Crippen LogP contribution in [0, 0.1) is 0 Å². The van der Waals surface area contributed by atoms with Crippen LogP contribution < -0.4 is 14.4 Å². The van der Waals surface area contributed by atoms with Gasteiger partial charge >= 0.3 is 0 Å². The second kappa shape index (κ2) is 10.6. The number of likely N-dealkylation sites (tertiary alicyclic amines) is 1. The molecule has 168 valence electrons. The van der Waals surface area contributed by atoms with Crippen molar-refractivity contribution < 1.29 is 17.9 Å². The molecule has 2 aromatic rings. The topological polar surface area (TPSA) is 79.0 Å². The molecule has 1 heterocycles. The predicted molar refractivity (Wildman–Crippen MR) is 123 cm³/mol. The second-order valence-electron chi connectivity index (χ2n) is 7.73. The van der Waals surface area contributed by atoms with E-state index in [-0.39, 0.29) is 12.5 Å². The van der Waals surface area contributed by atoms with E-state index in [4.69, 9.17) is 4.74 Å². The molecule has 0 aliphatic carbocycles. The van der Waals surface area contributed by atoms with Crippen molar-refractivity contribution in [1.82, 2.24) is 10.2 Å². The minimum atomic E-state index is -3.64. The molecule has 0 radical (unpaired) electrons. The molecule has 0 bridgehead atoms. The van der Waals surface area contributed by atoms with E-state index in [0.717, 1.165) is 35.8 Å². The van der Waals surface area contributed by atoms with Gasteiger partial charge in [0.2, 0.25) is 15.9 Å². The number of benzene rings is 2. The van der Waals surface area contributed by atoms with Crippen molar-refractivity contribution >= 4 is 21.6 Å². The molecule has 2 aromatic carbocycles. The van der Waals surface area contributed by atoms with E-state index in [1.807, 2.05) is 25.1 Å². The van der Waals surface area contributed by atoms with Crippen molar-refractivity contribution in [3.05, 3.63) is 59.7 Å². The maximum absolute atomic E-state index is 12.7. The van der Waals surface area contributed by atoms with Gasteiger partial charge in [-0.1, -0.05) is 30.3 Å². The monoisotopic (exact) mass is 445 g/mol. The van der Waals surface area contributed by atoms with E-state index in [0.29, 0.717) is 24.6 Å². The molecule has 3 rings (SSSR count). The zero-order chi connectivity index (χ0) is 22.3. The summed E-state index contributed by atoms with van der Waals surface area (Å²) in [5.41, 5.74) is 2.64. The van der Waals surface area contributed by atoms with Crippen LogP contribution in [0.5, 0.6) is 5.75 Å². The van der Waals surface area contributed by atoms with Crippen LogP contribution in [0.15, 0.2) is 48.5 Å². The van der Waals surface area contributed by atoms with Gasteiger partial charge < -0.3 is 10.1 Å². The molecule has 31 heavy (non-hydrogen) atoms. The van der Waals surface area contributed by atoms with E-state index in [1.165, 1.54) is 18.4 Å². The summed E-state index contributed by atoms with van der Waals surface area (Å²) in [7, 11) is -3.64. The zero-order valence-corrected chi connectivity index (χ0v) is 19.0. The standard InChI is InChI=1S/C23H31N3O4S/c1-3-30-22-12-8-11-21(15-22)26(31(2,28)29)18-23(27)24-16-19-9-4-5-10-20(19)17-25-13-6-7-14-25/h4-5,8-12,15H,3,6-7,13-14,16-18H2,1-2H3,(H,24,27). The third kappa shape index (κ3) is 6.70. The number of hydrogen-bond acceptors (Lipinski definition) is 5. The molecule has 0 saturated carbocycles. The Kier molecular flexibility index (Phi) is 7.92. The summed E-state index contributed by atoms with van der Waals surface area (Å²) in [5.74, 6) is 0.202. The van der Waals surface area contributed by atoms with Crippen molar-refractivity contribution in [3.8, 4) is 5.75 Å². The lowest BCUT2D eigenvalue weighted by Gasteiger charge is -2.23. The highest BCUT2D eigenvalue weighted by Crippen LogP contribution is 2.23. The Bertz CT molecular complexity index is 988. The SMILES string of the molecule is CCOc1cccc(N(CC(=O)NCc2ccccc2CN2CCCC2)S(C)(=O)=O)c1. The highest BCUT2D eigenvalue weighted by atomic mass is 32.2. The smallest absolute Gasteiger partial charge is 0.241 e. The van der Waals surface area contributed by atoms with Gasteiger partial charge in [-0.25, -0.2) is 8.42 Å². The van der Waals surface area contributed by atoms with Gasteiger partial charge in [0, 0.05) is 19.2 Å². The number of sulfonamides is 1. The number of carbonyl (C=O) groups is 1. The van der Waals surface area contributed by atoms with E-state index >= 15 is 0 Å². The second-order valence-corrected chi connectivity index (χ2v) is 9.64. The predicted octanol–water partition coefficient (Wildman–Crippen LogP) is 2.76. The Morgan fingerprint density at radius 1 is 1.10 bits per heavy atom. The Balaban J connectivity index is 1.66. The fourth-order valence-corrected chi connectivity index (χ4v) is 4.59. The number of hydrogen-bond donors (Lipinski definition) is 1. The molecular weight excluding hydrogens is 414 g/mol. The van der Waals surface area contributed by atoms with Crippen LogP contribution in [-0.4, -0.2) is 51.7 Å². The Morgan fingerprint density at radius 3 is 2.48 bits per heavy atom. The molecule has 8 heteroatoms. The van der Waals surface area contributed by atoms with Crippen molar-refractivity contribution in [2.45, 2.75) is 32.9 Å². The van der Waals surface area contributed by atoms with Crippen molar-refractivity contribution in [1.29, 1.82) is 0 Å². The average molecular weight is 446 g/mol. The van der Waals surface area contributed by atoms with Gasteiger partial charge in [-0.15, -0.1) is 0 Å². The first-order valence-electron chi connectivity index (χ1n) is 10.6. The number of carbonyl (C=O) groups excluding carboxylic acids is 1. The molecule has 7 nitrogen and oxygen atoms in total. The molecule has 1 fully saturated rings. The van der Waals surface area contributed by atoms with Crippen molar-refractivity contribution in [2.24, 2.45) is 0 Å². The minimum Gasteiger partial charge on any atom is -0.494 e. The molecule has 1 amide bonds. The zero-order valence-electron chi connectivity index (χ0n) is 18.2. The van der Waals surface area contributed by atoms with Crippen LogP contribution >= 0.6 is 0 Å². The van der Waals surface area contributed by atoms with Gasteiger partial charge in [0.15, 0.2) is 0 Å². The summed E-state index contributed by atoms with van der Waals surface area (Å²) in [5, 5.41) is 2.88. The van der Waals surface area contributed by atoms with Crippen molar-refractivity contribution in [3.63, 3.8) is 0 Å².